The summed E-state index contributed by atoms with van der Waals surface area (Å²) in [4.78, 5) is 38.4. The number of carbonyl (C=O) groups is 3. The molecule has 0 bridgehead atoms. The monoisotopic (exact) mass is 373 g/mol. The first-order chi connectivity index (χ1) is 12.8. The molecular formula is C21H31N3O3. The van der Waals surface area contributed by atoms with Crippen molar-refractivity contribution in [2.75, 3.05) is 11.9 Å². The molecule has 6 heteroatoms. The minimum Gasteiger partial charge on any atom is -0.348 e. The molecule has 2 rings (SSSR count). The zero-order valence-electron chi connectivity index (χ0n) is 16.7. The Hall–Kier alpha value is -2.37. The second-order valence-corrected chi connectivity index (χ2v) is 7.45. The average molecular weight is 373 g/mol. The van der Waals surface area contributed by atoms with Crippen molar-refractivity contribution in [3.8, 4) is 0 Å². The third-order valence-corrected chi connectivity index (χ3v) is 4.96. The summed E-state index contributed by atoms with van der Waals surface area (Å²) in [6, 6.07) is 6.90. The molecule has 2 atom stereocenters. The van der Waals surface area contributed by atoms with Gasteiger partial charge in [0.1, 0.15) is 6.04 Å². The van der Waals surface area contributed by atoms with E-state index in [9.17, 15) is 14.4 Å². The van der Waals surface area contributed by atoms with Crippen molar-refractivity contribution < 1.29 is 14.4 Å². The van der Waals surface area contributed by atoms with Gasteiger partial charge in [-0.1, -0.05) is 32.9 Å². The maximum Gasteiger partial charge on any atom is 0.243 e. The molecule has 27 heavy (non-hydrogen) atoms. The van der Waals surface area contributed by atoms with Gasteiger partial charge in [0.2, 0.25) is 17.7 Å². The molecule has 2 N–H and O–H groups in total. The summed E-state index contributed by atoms with van der Waals surface area (Å²) in [5, 5.41) is 5.85. The van der Waals surface area contributed by atoms with Gasteiger partial charge in [-0.25, -0.2) is 0 Å². The van der Waals surface area contributed by atoms with Crippen LogP contribution in [0.3, 0.4) is 0 Å². The van der Waals surface area contributed by atoms with Crippen LogP contribution in [0.1, 0.15) is 65.0 Å². The van der Waals surface area contributed by atoms with Crippen molar-refractivity contribution in [3.05, 3.63) is 29.8 Å². The predicted octanol–water partition coefficient (Wildman–Crippen LogP) is 3.25. The van der Waals surface area contributed by atoms with Crippen LogP contribution in [0.15, 0.2) is 24.3 Å². The molecule has 148 valence electrons. The first-order valence-corrected chi connectivity index (χ1v) is 9.84. The van der Waals surface area contributed by atoms with Crippen molar-refractivity contribution in [1.29, 1.82) is 0 Å². The van der Waals surface area contributed by atoms with E-state index >= 15 is 0 Å². The van der Waals surface area contributed by atoms with Crippen molar-refractivity contribution in [2.45, 2.75) is 65.5 Å². The zero-order valence-corrected chi connectivity index (χ0v) is 16.7. The summed E-state index contributed by atoms with van der Waals surface area (Å²) < 4.78 is 0. The molecule has 1 heterocycles. The fourth-order valence-electron chi connectivity index (χ4n) is 3.30. The van der Waals surface area contributed by atoms with E-state index in [0.717, 1.165) is 24.1 Å². The molecule has 0 spiro atoms. The topological polar surface area (TPSA) is 78.5 Å². The molecule has 2 unspecified atom stereocenters. The van der Waals surface area contributed by atoms with Crippen molar-refractivity contribution in [2.24, 2.45) is 5.92 Å². The lowest BCUT2D eigenvalue weighted by molar-refractivity contribution is -0.144. The Labute approximate surface area is 161 Å². The number of benzene rings is 1. The molecule has 1 aromatic rings. The Morgan fingerprint density at radius 3 is 2.37 bits per heavy atom. The normalized spacial score (nSPS) is 18.1. The Morgan fingerprint density at radius 2 is 1.78 bits per heavy atom. The maximum atomic E-state index is 12.8. The summed E-state index contributed by atoms with van der Waals surface area (Å²) >= 11 is 0. The van der Waals surface area contributed by atoms with Crippen LogP contribution in [0.5, 0.6) is 0 Å². The van der Waals surface area contributed by atoms with E-state index in [1.807, 2.05) is 45.0 Å². The predicted molar refractivity (Wildman–Crippen MR) is 106 cm³/mol. The molecular weight excluding hydrogens is 342 g/mol. The van der Waals surface area contributed by atoms with E-state index in [-0.39, 0.29) is 35.7 Å². The van der Waals surface area contributed by atoms with Crippen molar-refractivity contribution in [3.63, 3.8) is 0 Å². The largest absolute Gasteiger partial charge is 0.348 e. The van der Waals surface area contributed by atoms with Crippen LogP contribution >= 0.6 is 0 Å². The summed E-state index contributed by atoms with van der Waals surface area (Å²) in [7, 11) is 0. The number of likely N-dealkylation sites (tertiary alicyclic amines) is 1. The Balaban J connectivity index is 2.01. The minimum absolute atomic E-state index is 0.0312. The van der Waals surface area contributed by atoms with E-state index in [4.69, 9.17) is 0 Å². The second kappa shape index (κ2) is 9.53. The molecule has 1 saturated heterocycles. The molecule has 1 aromatic carbocycles. The van der Waals surface area contributed by atoms with Gasteiger partial charge in [-0.05, 0) is 43.9 Å². The quantitative estimate of drug-likeness (QED) is 0.803. The van der Waals surface area contributed by atoms with Crippen LogP contribution in [0, 0.1) is 5.92 Å². The van der Waals surface area contributed by atoms with Gasteiger partial charge in [0.15, 0.2) is 0 Å². The Morgan fingerprint density at radius 1 is 1.11 bits per heavy atom. The smallest absolute Gasteiger partial charge is 0.243 e. The van der Waals surface area contributed by atoms with E-state index in [1.165, 1.54) is 0 Å². The SMILES string of the molecule is CCC(=O)Nc1ccc(C(C)NC(=O)C2CCCCN2C(=O)C(C)C)cc1. The van der Waals surface area contributed by atoms with Gasteiger partial charge in [0, 0.05) is 24.6 Å². The van der Waals surface area contributed by atoms with Gasteiger partial charge in [-0.2, -0.15) is 0 Å². The molecule has 1 fully saturated rings. The number of nitrogens with one attached hydrogen (secondary N) is 2. The third-order valence-electron chi connectivity index (χ3n) is 4.96. The van der Waals surface area contributed by atoms with E-state index < -0.39 is 0 Å². The number of anilines is 1. The number of hydrogen-bond donors (Lipinski definition) is 2. The van der Waals surface area contributed by atoms with Gasteiger partial charge in [0.05, 0.1) is 6.04 Å². The first-order valence-electron chi connectivity index (χ1n) is 9.84. The number of carbonyl (C=O) groups excluding carboxylic acids is 3. The highest BCUT2D eigenvalue weighted by molar-refractivity contribution is 5.90. The molecule has 0 saturated carbocycles. The average Bonchev–Trinajstić information content (AvgIpc) is 2.67. The molecule has 1 aliphatic rings. The van der Waals surface area contributed by atoms with Gasteiger partial charge in [0.25, 0.3) is 0 Å². The summed E-state index contributed by atoms with van der Waals surface area (Å²) in [6.07, 6.45) is 3.04. The lowest BCUT2D eigenvalue weighted by Crippen LogP contribution is -2.53. The molecule has 6 nitrogen and oxygen atoms in total. The summed E-state index contributed by atoms with van der Waals surface area (Å²) in [6.45, 7) is 8.12. The van der Waals surface area contributed by atoms with Crippen LogP contribution in [0.25, 0.3) is 0 Å². The van der Waals surface area contributed by atoms with Gasteiger partial charge >= 0.3 is 0 Å². The van der Waals surface area contributed by atoms with Crippen molar-refractivity contribution >= 4 is 23.4 Å². The Bertz CT molecular complexity index is 670. The Kier molecular flexibility index (Phi) is 7.39. The molecule has 0 aromatic heterocycles. The van der Waals surface area contributed by atoms with Gasteiger partial charge < -0.3 is 15.5 Å². The molecule has 3 amide bonds. The number of hydrogen-bond acceptors (Lipinski definition) is 3. The molecule has 0 aliphatic carbocycles. The summed E-state index contributed by atoms with van der Waals surface area (Å²) in [5.74, 6) is -0.198. The van der Waals surface area contributed by atoms with E-state index in [1.54, 1.807) is 11.8 Å². The lowest BCUT2D eigenvalue weighted by atomic mass is 9.98. The number of piperidine rings is 1. The number of rotatable bonds is 6. The number of amides is 3. The zero-order chi connectivity index (χ0) is 20.0. The number of nitrogens with zero attached hydrogens (tertiary/aromatic N) is 1. The van der Waals surface area contributed by atoms with Crippen LogP contribution in [-0.2, 0) is 14.4 Å². The lowest BCUT2D eigenvalue weighted by Gasteiger charge is -2.36. The van der Waals surface area contributed by atoms with E-state index in [0.29, 0.717) is 19.4 Å². The van der Waals surface area contributed by atoms with Crippen molar-refractivity contribution in [1.82, 2.24) is 10.2 Å². The van der Waals surface area contributed by atoms with Gasteiger partial charge in [-0.15, -0.1) is 0 Å². The fourth-order valence-corrected chi connectivity index (χ4v) is 3.30. The standard InChI is InChI=1S/C21H31N3O3/c1-5-19(25)23-17-11-9-16(10-12-17)15(4)22-20(26)18-8-6-7-13-24(18)21(27)14(2)3/h9-12,14-15,18H,5-8,13H2,1-4H3,(H,22,26)(H,23,25). The highest BCUT2D eigenvalue weighted by Gasteiger charge is 2.33. The van der Waals surface area contributed by atoms with E-state index in [2.05, 4.69) is 10.6 Å². The molecule has 0 radical (unpaired) electrons. The van der Waals surface area contributed by atoms with Crippen LogP contribution in [0.4, 0.5) is 5.69 Å². The minimum atomic E-state index is -0.390. The highest BCUT2D eigenvalue weighted by Crippen LogP contribution is 2.22. The molecule has 1 aliphatic heterocycles. The third kappa shape index (κ3) is 5.55. The fraction of sp³-hybridized carbons (Fsp3) is 0.571. The van der Waals surface area contributed by atoms with Crippen LogP contribution in [-0.4, -0.2) is 35.2 Å². The summed E-state index contributed by atoms with van der Waals surface area (Å²) in [5.41, 5.74) is 1.69. The van der Waals surface area contributed by atoms with Crippen LogP contribution in [0.2, 0.25) is 0 Å². The highest BCUT2D eigenvalue weighted by atomic mass is 16.2. The first kappa shape index (κ1) is 20.9. The van der Waals surface area contributed by atoms with Gasteiger partial charge in [-0.3, -0.25) is 14.4 Å². The second-order valence-electron chi connectivity index (χ2n) is 7.45. The van der Waals surface area contributed by atoms with Crippen LogP contribution < -0.4 is 10.6 Å². The maximum absolute atomic E-state index is 12.8.